The van der Waals surface area contributed by atoms with Crippen molar-refractivity contribution in [3.8, 4) is 0 Å². The molecule has 144 valence electrons. The van der Waals surface area contributed by atoms with Gasteiger partial charge in [-0.3, -0.25) is 9.59 Å². The van der Waals surface area contributed by atoms with Crippen LogP contribution in [-0.2, 0) is 16.1 Å². The van der Waals surface area contributed by atoms with E-state index in [-0.39, 0.29) is 30.3 Å². The smallest absolute Gasteiger partial charge is 0.242 e. The number of hydrogen-bond acceptors (Lipinski definition) is 3. The van der Waals surface area contributed by atoms with E-state index >= 15 is 0 Å². The van der Waals surface area contributed by atoms with E-state index in [4.69, 9.17) is 0 Å². The molecule has 4 rings (SSSR count). The number of amides is 2. The second-order valence-electron chi connectivity index (χ2n) is 7.48. The average molecular weight is 376 g/mol. The molecule has 0 spiro atoms. The van der Waals surface area contributed by atoms with Crippen LogP contribution in [0.15, 0.2) is 54.9 Å². The third-order valence-electron chi connectivity index (χ3n) is 5.40. The van der Waals surface area contributed by atoms with Crippen LogP contribution in [0.5, 0.6) is 0 Å². The number of aromatic nitrogens is 2. The van der Waals surface area contributed by atoms with E-state index in [1.807, 2.05) is 33.7 Å². The minimum Gasteiger partial charge on any atom is -0.351 e. The first-order valence-electron chi connectivity index (χ1n) is 9.52. The van der Waals surface area contributed by atoms with Gasteiger partial charge in [0, 0.05) is 25.9 Å². The van der Waals surface area contributed by atoms with Crippen LogP contribution in [0.2, 0.25) is 0 Å². The number of fused-ring (bicyclic) bond motifs is 1. The first-order chi connectivity index (χ1) is 13.5. The molecule has 0 bridgehead atoms. The van der Waals surface area contributed by atoms with Crippen molar-refractivity contribution >= 4 is 22.8 Å². The second-order valence-corrected chi connectivity index (χ2v) is 7.48. The van der Waals surface area contributed by atoms with Gasteiger partial charge in [-0.2, -0.15) is 0 Å². The lowest BCUT2D eigenvalue weighted by molar-refractivity contribution is -0.131. The molecule has 6 heteroatoms. The zero-order valence-electron chi connectivity index (χ0n) is 16.1. The van der Waals surface area contributed by atoms with Crippen molar-refractivity contribution in [2.24, 2.45) is 0 Å². The molecule has 0 aliphatic carbocycles. The van der Waals surface area contributed by atoms with Gasteiger partial charge in [0.05, 0.1) is 23.4 Å². The molecule has 0 unspecified atom stereocenters. The molecule has 2 heterocycles. The Bertz CT molecular complexity index is 1010. The Hall–Kier alpha value is -3.15. The van der Waals surface area contributed by atoms with Gasteiger partial charge in [0.1, 0.15) is 6.54 Å². The summed E-state index contributed by atoms with van der Waals surface area (Å²) in [6.45, 7) is 4.93. The maximum Gasteiger partial charge on any atom is 0.242 e. The fourth-order valence-electron chi connectivity index (χ4n) is 3.95. The van der Waals surface area contributed by atoms with Crippen LogP contribution in [0, 0.1) is 6.92 Å². The number of benzene rings is 2. The fourth-order valence-corrected chi connectivity index (χ4v) is 3.95. The highest BCUT2D eigenvalue weighted by atomic mass is 16.2. The van der Waals surface area contributed by atoms with Crippen LogP contribution in [0.1, 0.15) is 24.0 Å². The van der Waals surface area contributed by atoms with Crippen molar-refractivity contribution < 1.29 is 9.59 Å². The molecule has 1 aromatic heterocycles. The third-order valence-corrected chi connectivity index (χ3v) is 5.40. The summed E-state index contributed by atoms with van der Waals surface area (Å²) in [7, 11) is 0. The summed E-state index contributed by atoms with van der Waals surface area (Å²) in [5.41, 5.74) is 4.17. The highest BCUT2D eigenvalue weighted by molar-refractivity contribution is 5.81. The number of imidazole rings is 1. The predicted molar refractivity (Wildman–Crippen MR) is 108 cm³/mol. The fraction of sp³-hybridized carbons (Fsp3) is 0.318. The van der Waals surface area contributed by atoms with E-state index in [9.17, 15) is 9.59 Å². The van der Waals surface area contributed by atoms with Crippen LogP contribution < -0.4 is 5.32 Å². The Labute approximate surface area is 164 Å². The van der Waals surface area contributed by atoms with Gasteiger partial charge in [-0.1, -0.05) is 42.0 Å². The van der Waals surface area contributed by atoms with Crippen molar-refractivity contribution in [3.63, 3.8) is 0 Å². The lowest BCUT2D eigenvalue weighted by Gasteiger charge is -2.19. The van der Waals surface area contributed by atoms with E-state index in [1.165, 1.54) is 12.5 Å². The van der Waals surface area contributed by atoms with Gasteiger partial charge in [-0.05, 0) is 24.6 Å². The Morgan fingerprint density at radius 3 is 2.61 bits per heavy atom. The Morgan fingerprint density at radius 1 is 1.11 bits per heavy atom. The summed E-state index contributed by atoms with van der Waals surface area (Å²) in [6.07, 6.45) is 1.71. The van der Waals surface area contributed by atoms with Crippen molar-refractivity contribution in [1.82, 2.24) is 19.8 Å². The molecule has 1 saturated heterocycles. The standard InChI is InChI=1S/C22H24N4O2/c1-15-7-9-17(10-8-15)18-11-25(12-20(18)24-16(2)27)22(28)13-26-14-23-19-5-3-4-6-21(19)26/h3-10,14,18,20H,11-13H2,1-2H3,(H,24,27)/t18-,20+/m0/s1. The van der Waals surface area contributed by atoms with Gasteiger partial charge < -0.3 is 14.8 Å². The number of likely N-dealkylation sites (tertiary alicyclic amines) is 1. The summed E-state index contributed by atoms with van der Waals surface area (Å²) >= 11 is 0. The molecule has 0 radical (unpaired) electrons. The summed E-state index contributed by atoms with van der Waals surface area (Å²) in [4.78, 5) is 30.9. The van der Waals surface area contributed by atoms with E-state index in [0.29, 0.717) is 13.1 Å². The van der Waals surface area contributed by atoms with Crippen LogP contribution in [-0.4, -0.2) is 45.4 Å². The van der Waals surface area contributed by atoms with Gasteiger partial charge >= 0.3 is 0 Å². The van der Waals surface area contributed by atoms with E-state index in [0.717, 1.165) is 16.6 Å². The van der Waals surface area contributed by atoms with Gasteiger partial charge in [-0.25, -0.2) is 4.98 Å². The number of aryl methyl sites for hydroxylation is 1. The predicted octanol–water partition coefficient (Wildman–Crippen LogP) is 2.48. The lowest BCUT2D eigenvalue weighted by atomic mass is 9.93. The molecule has 0 saturated carbocycles. The summed E-state index contributed by atoms with van der Waals surface area (Å²) in [6, 6.07) is 16.0. The topological polar surface area (TPSA) is 67.2 Å². The minimum atomic E-state index is -0.0799. The first kappa shape index (κ1) is 18.2. The number of carbonyl (C=O) groups excluding carboxylic acids is 2. The normalized spacial score (nSPS) is 19.1. The molecule has 2 amide bonds. The maximum absolute atomic E-state index is 13.0. The largest absolute Gasteiger partial charge is 0.351 e. The molecule has 28 heavy (non-hydrogen) atoms. The molecule has 1 fully saturated rings. The first-order valence-corrected chi connectivity index (χ1v) is 9.52. The monoisotopic (exact) mass is 376 g/mol. The summed E-state index contributed by atoms with van der Waals surface area (Å²) in [5, 5.41) is 3.03. The number of para-hydroxylation sites is 2. The number of nitrogens with one attached hydrogen (secondary N) is 1. The molecular formula is C22H24N4O2. The van der Waals surface area contributed by atoms with Gasteiger partial charge in [0.15, 0.2) is 0 Å². The van der Waals surface area contributed by atoms with Crippen LogP contribution in [0.4, 0.5) is 0 Å². The Morgan fingerprint density at radius 2 is 1.86 bits per heavy atom. The van der Waals surface area contributed by atoms with E-state index in [1.54, 1.807) is 6.33 Å². The number of nitrogens with zero attached hydrogens (tertiary/aromatic N) is 3. The molecule has 1 aliphatic heterocycles. The third kappa shape index (κ3) is 3.63. The Balaban J connectivity index is 1.53. The van der Waals surface area contributed by atoms with Gasteiger partial charge in [0.2, 0.25) is 11.8 Å². The van der Waals surface area contributed by atoms with Crippen LogP contribution >= 0.6 is 0 Å². The molecule has 6 nitrogen and oxygen atoms in total. The maximum atomic E-state index is 13.0. The van der Waals surface area contributed by atoms with Crippen LogP contribution in [0.25, 0.3) is 11.0 Å². The highest BCUT2D eigenvalue weighted by Crippen LogP contribution is 2.28. The molecule has 3 aromatic rings. The molecule has 1 aliphatic rings. The quantitative estimate of drug-likeness (QED) is 0.761. The number of carbonyl (C=O) groups is 2. The lowest BCUT2D eigenvalue weighted by Crippen LogP contribution is -2.39. The van der Waals surface area contributed by atoms with Crippen molar-refractivity contribution in [3.05, 3.63) is 66.0 Å². The SMILES string of the molecule is CC(=O)N[C@@H]1CN(C(=O)Cn2cnc3ccccc32)C[C@H]1c1ccc(C)cc1. The van der Waals surface area contributed by atoms with Gasteiger partial charge in [0.25, 0.3) is 0 Å². The van der Waals surface area contributed by atoms with Crippen molar-refractivity contribution in [2.75, 3.05) is 13.1 Å². The molecule has 2 atom stereocenters. The Kier molecular flexibility index (Phi) is 4.86. The summed E-state index contributed by atoms with van der Waals surface area (Å²) in [5.74, 6) is 0.0538. The van der Waals surface area contributed by atoms with Crippen molar-refractivity contribution in [1.29, 1.82) is 0 Å². The van der Waals surface area contributed by atoms with Gasteiger partial charge in [-0.15, -0.1) is 0 Å². The van der Waals surface area contributed by atoms with Crippen molar-refractivity contribution in [2.45, 2.75) is 32.4 Å². The molecular weight excluding hydrogens is 352 g/mol. The second kappa shape index (κ2) is 7.46. The molecule has 1 N–H and O–H groups in total. The minimum absolute atomic E-state index is 0.0353. The highest BCUT2D eigenvalue weighted by Gasteiger charge is 2.36. The zero-order valence-corrected chi connectivity index (χ0v) is 16.1. The zero-order chi connectivity index (χ0) is 19.7. The number of hydrogen-bond donors (Lipinski definition) is 1. The molecule has 2 aromatic carbocycles. The number of rotatable bonds is 4. The average Bonchev–Trinajstić information content (AvgIpc) is 3.27. The van der Waals surface area contributed by atoms with Crippen LogP contribution in [0.3, 0.4) is 0 Å². The summed E-state index contributed by atoms with van der Waals surface area (Å²) < 4.78 is 1.88. The van der Waals surface area contributed by atoms with E-state index < -0.39 is 0 Å². The van der Waals surface area contributed by atoms with E-state index in [2.05, 4.69) is 41.5 Å².